The molecule has 0 aromatic heterocycles. The molecule has 0 radical (unpaired) electrons. The number of carbonyl (C=O) groups is 1. The van der Waals surface area contributed by atoms with Gasteiger partial charge in [-0.25, -0.2) is 13.6 Å². The summed E-state index contributed by atoms with van der Waals surface area (Å²) in [5, 5.41) is 17.2. The van der Waals surface area contributed by atoms with Crippen molar-refractivity contribution < 1.29 is 18.7 Å². The van der Waals surface area contributed by atoms with Gasteiger partial charge >= 0.3 is 6.03 Å². The van der Waals surface area contributed by atoms with E-state index in [1.165, 1.54) is 24.3 Å². The molecule has 3 aliphatic rings. The van der Waals surface area contributed by atoms with E-state index in [0.717, 1.165) is 24.1 Å². The standard InChI is InChI=1S/C23H25F2N3O2/c24-16-3-1-15(2-4-16)23(7-8-23)27-21(30)28-11-9-22(10-12-28)14-20(29)18-13-17(25)5-6-19(18)26-22/h1-6,13,20,26,29H,7-12,14H2,(H,27,30). The van der Waals surface area contributed by atoms with Crippen molar-refractivity contribution in [1.29, 1.82) is 0 Å². The molecule has 7 heteroatoms. The highest BCUT2D eigenvalue weighted by molar-refractivity contribution is 5.76. The molecule has 0 bridgehead atoms. The van der Waals surface area contributed by atoms with Crippen LogP contribution in [0.1, 0.15) is 49.3 Å². The lowest BCUT2D eigenvalue weighted by Crippen LogP contribution is -2.55. The van der Waals surface area contributed by atoms with Crippen LogP contribution in [0.15, 0.2) is 42.5 Å². The Bertz CT molecular complexity index is 967. The fourth-order valence-electron chi connectivity index (χ4n) is 4.87. The molecule has 30 heavy (non-hydrogen) atoms. The summed E-state index contributed by atoms with van der Waals surface area (Å²) in [6, 6.07) is 10.7. The number of urea groups is 1. The number of piperidine rings is 1. The van der Waals surface area contributed by atoms with Crippen molar-refractivity contribution in [2.75, 3.05) is 18.4 Å². The van der Waals surface area contributed by atoms with Gasteiger partial charge in [0.1, 0.15) is 11.6 Å². The van der Waals surface area contributed by atoms with Gasteiger partial charge < -0.3 is 20.6 Å². The molecule has 1 atom stereocenters. The minimum absolute atomic E-state index is 0.106. The zero-order valence-corrected chi connectivity index (χ0v) is 16.6. The molecule has 2 aromatic rings. The number of hydrogen-bond acceptors (Lipinski definition) is 3. The lowest BCUT2D eigenvalue weighted by Gasteiger charge is -2.47. The van der Waals surface area contributed by atoms with Crippen LogP contribution in [0, 0.1) is 11.6 Å². The van der Waals surface area contributed by atoms with Gasteiger partial charge in [0.15, 0.2) is 0 Å². The summed E-state index contributed by atoms with van der Waals surface area (Å²) in [5.41, 5.74) is 1.61. The maximum Gasteiger partial charge on any atom is 0.318 e. The Balaban J connectivity index is 1.23. The maximum atomic E-state index is 13.5. The Labute approximate surface area is 174 Å². The van der Waals surface area contributed by atoms with Gasteiger partial charge in [0, 0.05) is 36.3 Å². The largest absolute Gasteiger partial charge is 0.388 e. The SMILES string of the molecule is O=C(NC1(c2ccc(F)cc2)CC1)N1CCC2(CC1)CC(O)c1cc(F)ccc1N2. The minimum Gasteiger partial charge on any atom is -0.388 e. The van der Waals surface area contributed by atoms with Crippen molar-refractivity contribution >= 4 is 11.7 Å². The Hall–Kier alpha value is -2.67. The maximum absolute atomic E-state index is 13.5. The molecule has 5 rings (SSSR count). The summed E-state index contributed by atoms with van der Waals surface area (Å²) in [4.78, 5) is 14.7. The number of amides is 2. The third-order valence-electron chi connectivity index (χ3n) is 6.86. The molecular weight excluding hydrogens is 388 g/mol. The molecule has 5 nitrogen and oxygen atoms in total. The van der Waals surface area contributed by atoms with Crippen molar-refractivity contribution in [1.82, 2.24) is 10.2 Å². The van der Waals surface area contributed by atoms with Gasteiger partial charge in [0.05, 0.1) is 11.6 Å². The van der Waals surface area contributed by atoms with E-state index in [2.05, 4.69) is 10.6 Å². The zero-order chi connectivity index (χ0) is 20.9. The number of likely N-dealkylation sites (tertiary alicyclic amines) is 1. The molecule has 2 aliphatic heterocycles. The van der Waals surface area contributed by atoms with Crippen LogP contribution in [0.25, 0.3) is 0 Å². The lowest BCUT2D eigenvalue weighted by molar-refractivity contribution is 0.0981. The van der Waals surface area contributed by atoms with E-state index in [9.17, 15) is 18.7 Å². The lowest BCUT2D eigenvalue weighted by atomic mass is 9.77. The van der Waals surface area contributed by atoms with E-state index < -0.39 is 6.10 Å². The molecule has 2 aromatic carbocycles. The van der Waals surface area contributed by atoms with Crippen molar-refractivity contribution in [2.24, 2.45) is 0 Å². The third-order valence-corrected chi connectivity index (χ3v) is 6.86. The first-order valence-corrected chi connectivity index (χ1v) is 10.5. The van der Waals surface area contributed by atoms with Crippen LogP contribution in [0.3, 0.4) is 0 Å². The second kappa shape index (κ2) is 6.94. The molecule has 1 saturated heterocycles. The van der Waals surface area contributed by atoms with Crippen LogP contribution >= 0.6 is 0 Å². The first kappa shape index (κ1) is 19.3. The predicted octanol–water partition coefficient (Wildman–Crippen LogP) is 4.05. The number of fused-ring (bicyclic) bond motifs is 1. The number of carbonyl (C=O) groups excluding carboxylic acids is 1. The fourth-order valence-corrected chi connectivity index (χ4v) is 4.87. The van der Waals surface area contributed by atoms with Crippen LogP contribution < -0.4 is 10.6 Å². The van der Waals surface area contributed by atoms with Crippen LogP contribution in [-0.4, -0.2) is 34.7 Å². The summed E-state index contributed by atoms with van der Waals surface area (Å²) < 4.78 is 26.7. The third kappa shape index (κ3) is 3.41. The average molecular weight is 413 g/mol. The number of aliphatic hydroxyl groups is 1. The highest BCUT2D eigenvalue weighted by Gasteiger charge is 2.47. The fraction of sp³-hybridized carbons (Fsp3) is 0.435. The normalized spacial score (nSPS) is 23.4. The molecule has 1 aliphatic carbocycles. The highest BCUT2D eigenvalue weighted by Crippen LogP contribution is 2.46. The Morgan fingerprint density at radius 2 is 1.70 bits per heavy atom. The first-order chi connectivity index (χ1) is 14.4. The number of nitrogens with zero attached hydrogens (tertiary/aromatic N) is 1. The topological polar surface area (TPSA) is 64.6 Å². The van der Waals surface area contributed by atoms with E-state index >= 15 is 0 Å². The van der Waals surface area contributed by atoms with E-state index in [0.29, 0.717) is 37.9 Å². The monoisotopic (exact) mass is 413 g/mol. The van der Waals surface area contributed by atoms with Crippen molar-refractivity contribution in [3.05, 3.63) is 65.2 Å². The van der Waals surface area contributed by atoms with Gasteiger partial charge in [0.2, 0.25) is 0 Å². The van der Waals surface area contributed by atoms with E-state index in [-0.39, 0.29) is 28.7 Å². The van der Waals surface area contributed by atoms with E-state index in [1.807, 2.05) is 4.90 Å². The Morgan fingerprint density at radius 1 is 1.03 bits per heavy atom. The number of anilines is 1. The summed E-state index contributed by atoms with van der Waals surface area (Å²) in [5.74, 6) is -0.638. The van der Waals surface area contributed by atoms with E-state index in [1.54, 1.807) is 18.2 Å². The first-order valence-electron chi connectivity index (χ1n) is 10.5. The molecule has 2 amide bonds. The minimum atomic E-state index is -0.717. The van der Waals surface area contributed by atoms with Gasteiger partial charge in [-0.1, -0.05) is 12.1 Å². The van der Waals surface area contributed by atoms with E-state index in [4.69, 9.17) is 0 Å². The van der Waals surface area contributed by atoms with Crippen molar-refractivity contribution in [3.8, 4) is 0 Å². The zero-order valence-electron chi connectivity index (χ0n) is 16.6. The number of benzene rings is 2. The molecule has 2 heterocycles. The van der Waals surface area contributed by atoms with Gasteiger partial charge in [-0.2, -0.15) is 0 Å². The molecule has 158 valence electrons. The summed E-state index contributed by atoms with van der Waals surface area (Å²) in [7, 11) is 0. The van der Waals surface area contributed by atoms with Crippen LogP contribution in [0.5, 0.6) is 0 Å². The van der Waals surface area contributed by atoms with Gasteiger partial charge in [-0.3, -0.25) is 0 Å². The number of aliphatic hydroxyl groups excluding tert-OH is 1. The second-order valence-corrected chi connectivity index (χ2v) is 8.86. The second-order valence-electron chi connectivity index (χ2n) is 8.86. The average Bonchev–Trinajstić information content (AvgIpc) is 3.50. The molecule has 2 fully saturated rings. The molecular formula is C23H25F2N3O2. The van der Waals surface area contributed by atoms with Crippen molar-refractivity contribution in [2.45, 2.75) is 49.3 Å². The van der Waals surface area contributed by atoms with Gasteiger partial charge in [-0.05, 0) is 61.6 Å². The Kier molecular flexibility index (Phi) is 4.47. The number of hydrogen-bond donors (Lipinski definition) is 3. The van der Waals surface area contributed by atoms with Crippen molar-refractivity contribution in [3.63, 3.8) is 0 Å². The summed E-state index contributed by atoms with van der Waals surface area (Å²) in [6.45, 7) is 1.14. The molecule has 1 spiro atoms. The van der Waals surface area contributed by atoms with Crippen LogP contribution in [0.4, 0.5) is 19.3 Å². The van der Waals surface area contributed by atoms with Gasteiger partial charge in [0.25, 0.3) is 0 Å². The predicted molar refractivity (Wildman–Crippen MR) is 109 cm³/mol. The quantitative estimate of drug-likeness (QED) is 0.696. The molecule has 3 N–H and O–H groups in total. The number of halogens is 2. The molecule has 1 unspecified atom stereocenters. The number of rotatable bonds is 2. The van der Waals surface area contributed by atoms with Gasteiger partial charge in [-0.15, -0.1) is 0 Å². The highest BCUT2D eigenvalue weighted by atomic mass is 19.1. The Morgan fingerprint density at radius 3 is 2.37 bits per heavy atom. The summed E-state index contributed by atoms with van der Waals surface area (Å²) in [6.07, 6.45) is 2.89. The smallest absolute Gasteiger partial charge is 0.318 e. The number of nitrogens with one attached hydrogen (secondary N) is 2. The van der Waals surface area contributed by atoms with Crippen LogP contribution in [0.2, 0.25) is 0 Å². The summed E-state index contributed by atoms with van der Waals surface area (Å²) >= 11 is 0. The molecule has 1 saturated carbocycles. The van der Waals surface area contributed by atoms with Crippen LogP contribution in [-0.2, 0) is 5.54 Å².